The summed E-state index contributed by atoms with van der Waals surface area (Å²) >= 11 is 0. The molecule has 1 radical (unpaired) electrons. The third-order valence-corrected chi connectivity index (χ3v) is 5.74. The number of nitrogens with zero attached hydrogens (tertiary/aromatic N) is 1. The van der Waals surface area contributed by atoms with Gasteiger partial charge in [0.25, 0.3) is 0 Å². The summed E-state index contributed by atoms with van der Waals surface area (Å²) in [5.41, 5.74) is -2.02. The summed E-state index contributed by atoms with van der Waals surface area (Å²) < 4.78 is 82.4. The first-order valence-electron chi connectivity index (χ1n) is 9.27. The maximum Gasteiger partial charge on any atom is 0.416 e. The van der Waals surface area contributed by atoms with E-state index in [1.165, 1.54) is 12.1 Å². The van der Waals surface area contributed by atoms with Crippen LogP contribution in [0.5, 0.6) is 0 Å². The van der Waals surface area contributed by atoms with Crippen LogP contribution in [0.2, 0.25) is 0 Å². The molecule has 0 bridgehead atoms. The molecule has 1 heterocycles. The van der Waals surface area contributed by atoms with E-state index in [9.17, 15) is 26.3 Å². The first-order chi connectivity index (χ1) is 14.0. The molecule has 0 saturated heterocycles. The SMILES string of the molecule is CCc1ccnc(-c2[c-]cc3c(c2)C(C)(C(F)(F)F)c2cc(C(F)(F)F)ccc2-3)c1.[Ir]. The molecule has 2 aromatic carbocycles. The van der Waals surface area contributed by atoms with Gasteiger partial charge in [-0.15, -0.1) is 29.3 Å². The Morgan fingerprint density at radius 2 is 1.61 bits per heavy atom. The molecule has 0 N–H and O–H groups in total. The first-order valence-corrected chi connectivity index (χ1v) is 9.27. The maximum atomic E-state index is 14.3. The molecule has 1 atom stereocenters. The van der Waals surface area contributed by atoms with Gasteiger partial charge in [-0.2, -0.15) is 26.3 Å². The first kappa shape index (κ1) is 23.5. The van der Waals surface area contributed by atoms with Crippen LogP contribution in [-0.2, 0) is 38.1 Å². The molecule has 0 saturated carbocycles. The Morgan fingerprint density at radius 1 is 0.935 bits per heavy atom. The summed E-state index contributed by atoms with van der Waals surface area (Å²) in [6, 6.07) is 11.8. The number of benzene rings is 2. The number of hydrogen-bond acceptors (Lipinski definition) is 1. The molecule has 1 aromatic heterocycles. The molecule has 31 heavy (non-hydrogen) atoms. The van der Waals surface area contributed by atoms with Crippen molar-refractivity contribution in [2.75, 3.05) is 0 Å². The minimum absolute atomic E-state index is 0. The fourth-order valence-corrected chi connectivity index (χ4v) is 3.94. The molecule has 1 aliphatic rings. The average Bonchev–Trinajstić information content (AvgIpc) is 2.96. The van der Waals surface area contributed by atoms with Gasteiger partial charge in [-0.25, -0.2) is 0 Å². The van der Waals surface area contributed by atoms with E-state index in [0.29, 0.717) is 17.3 Å². The molecule has 4 rings (SSSR count). The molecule has 8 heteroatoms. The van der Waals surface area contributed by atoms with E-state index in [4.69, 9.17) is 0 Å². The van der Waals surface area contributed by atoms with E-state index in [2.05, 4.69) is 11.1 Å². The van der Waals surface area contributed by atoms with Crippen molar-refractivity contribution in [3.63, 3.8) is 0 Å². The largest absolute Gasteiger partial charge is 0.416 e. The van der Waals surface area contributed by atoms with Crippen molar-refractivity contribution in [1.82, 2.24) is 4.98 Å². The molecular weight excluding hydrogens is 596 g/mol. The molecule has 0 aliphatic heterocycles. The van der Waals surface area contributed by atoms with E-state index in [0.717, 1.165) is 31.0 Å². The van der Waals surface area contributed by atoms with Crippen LogP contribution in [0.4, 0.5) is 26.3 Å². The molecular formula is C23H16F6IrN-. The summed E-state index contributed by atoms with van der Waals surface area (Å²) in [6.45, 7) is 2.87. The summed E-state index contributed by atoms with van der Waals surface area (Å²) in [5.74, 6) is 0. The molecule has 1 nitrogen and oxygen atoms in total. The van der Waals surface area contributed by atoms with E-state index >= 15 is 0 Å². The minimum Gasteiger partial charge on any atom is -0.305 e. The van der Waals surface area contributed by atoms with Gasteiger partial charge in [-0.1, -0.05) is 41.8 Å². The van der Waals surface area contributed by atoms with Gasteiger partial charge in [0.2, 0.25) is 0 Å². The van der Waals surface area contributed by atoms with E-state index < -0.39 is 28.9 Å². The van der Waals surface area contributed by atoms with Gasteiger partial charge in [0.1, 0.15) is 0 Å². The van der Waals surface area contributed by atoms with Crippen LogP contribution in [0.3, 0.4) is 0 Å². The van der Waals surface area contributed by atoms with Crippen molar-refractivity contribution >= 4 is 0 Å². The van der Waals surface area contributed by atoms with Gasteiger partial charge in [0.15, 0.2) is 0 Å². The smallest absolute Gasteiger partial charge is 0.305 e. The Hall–Kier alpha value is -2.18. The summed E-state index contributed by atoms with van der Waals surface area (Å²) in [5, 5.41) is 0. The Morgan fingerprint density at radius 3 is 2.23 bits per heavy atom. The van der Waals surface area contributed by atoms with Crippen molar-refractivity contribution in [3.8, 4) is 22.4 Å². The third kappa shape index (κ3) is 3.70. The van der Waals surface area contributed by atoms with Crippen LogP contribution in [0.1, 0.15) is 36.1 Å². The zero-order valence-corrected chi connectivity index (χ0v) is 18.8. The van der Waals surface area contributed by atoms with E-state index in [-0.39, 0.29) is 36.8 Å². The topological polar surface area (TPSA) is 12.9 Å². The second-order valence-electron chi connectivity index (χ2n) is 7.46. The number of alkyl halides is 6. The standard InChI is InChI=1S/C23H16F6N.Ir/c1-3-13-8-9-30-20(10-13)14-4-6-16-17-7-5-15(22(24,25)26)12-19(17)21(2,18(16)11-14)23(27,28)29;/h5-12H,3H2,1-2H3;/q-1;. The Labute approximate surface area is 188 Å². The number of aryl methyl sites for hydroxylation is 1. The van der Waals surface area contributed by atoms with Crippen LogP contribution in [0.25, 0.3) is 22.4 Å². The van der Waals surface area contributed by atoms with Gasteiger partial charge in [-0.05, 0) is 36.7 Å². The van der Waals surface area contributed by atoms with Crippen LogP contribution in [0.15, 0.2) is 48.7 Å². The van der Waals surface area contributed by atoms with Gasteiger partial charge >= 0.3 is 12.4 Å². The maximum absolute atomic E-state index is 14.3. The fraction of sp³-hybridized carbons (Fsp3) is 0.261. The molecule has 0 amide bonds. The zero-order valence-electron chi connectivity index (χ0n) is 16.4. The quantitative estimate of drug-likeness (QED) is 0.225. The average molecular weight is 613 g/mol. The Bertz CT molecular complexity index is 1140. The van der Waals surface area contributed by atoms with Crippen LogP contribution in [0, 0.1) is 6.07 Å². The van der Waals surface area contributed by atoms with Crippen LogP contribution < -0.4 is 0 Å². The normalized spacial score (nSPS) is 17.7. The number of halogens is 6. The molecule has 0 fully saturated rings. The summed E-state index contributed by atoms with van der Waals surface area (Å²) in [7, 11) is 0. The van der Waals surface area contributed by atoms with Crippen LogP contribution in [-0.4, -0.2) is 11.2 Å². The fourth-order valence-electron chi connectivity index (χ4n) is 3.94. The third-order valence-electron chi connectivity index (χ3n) is 5.74. The van der Waals surface area contributed by atoms with Crippen molar-refractivity contribution in [1.29, 1.82) is 0 Å². The number of hydrogen-bond donors (Lipinski definition) is 0. The zero-order chi connectivity index (χ0) is 21.9. The summed E-state index contributed by atoms with van der Waals surface area (Å²) in [4.78, 5) is 4.23. The van der Waals surface area contributed by atoms with Gasteiger partial charge in [0, 0.05) is 26.3 Å². The predicted molar refractivity (Wildman–Crippen MR) is 101 cm³/mol. The molecule has 1 aliphatic carbocycles. The number of rotatable bonds is 2. The molecule has 1 unspecified atom stereocenters. The van der Waals surface area contributed by atoms with E-state index in [1.807, 2.05) is 13.0 Å². The molecule has 3 aromatic rings. The summed E-state index contributed by atoms with van der Waals surface area (Å²) in [6.07, 6.45) is -7.23. The number of pyridine rings is 1. The number of fused-ring (bicyclic) bond motifs is 3. The second kappa shape index (κ2) is 7.75. The van der Waals surface area contributed by atoms with Gasteiger partial charge in [0.05, 0.1) is 11.0 Å². The molecule has 165 valence electrons. The van der Waals surface area contributed by atoms with Gasteiger partial charge in [-0.3, -0.25) is 0 Å². The van der Waals surface area contributed by atoms with Gasteiger partial charge < -0.3 is 4.98 Å². The second-order valence-corrected chi connectivity index (χ2v) is 7.46. The van der Waals surface area contributed by atoms with Crippen molar-refractivity contribution in [3.05, 3.63) is 77.0 Å². The van der Waals surface area contributed by atoms with Crippen LogP contribution >= 0.6 is 0 Å². The Kier molecular flexibility index (Phi) is 5.87. The monoisotopic (exact) mass is 613 g/mol. The Balaban J connectivity index is 0.00000272. The number of aromatic nitrogens is 1. The predicted octanol–water partition coefficient (Wildman–Crippen LogP) is 6.98. The van der Waals surface area contributed by atoms with E-state index in [1.54, 1.807) is 12.3 Å². The van der Waals surface area contributed by atoms with Crippen molar-refractivity contribution in [2.24, 2.45) is 0 Å². The molecule has 0 spiro atoms. The minimum atomic E-state index is -4.80. The van der Waals surface area contributed by atoms with Crippen molar-refractivity contribution < 1.29 is 46.4 Å². The van der Waals surface area contributed by atoms with Crippen molar-refractivity contribution in [2.45, 2.75) is 38.0 Å².